The van der Waals surface area contributed by atoms with Crippen molar-refractivity contribution < 1.29 is 27.5 Å². The van der Waals surface area contributed by atoms with Crippen LogP contribution >= 0.6 is 0 Å². The Bertz CT molecular complexity index is 367. The van der Waals surface area contributed by atoms with E-state index in [1.54, 1.807) is 20.8 Å². The van der Waals surface area contributed by atoms with Crippen LogP contribution in [0.15, 0.2) is 0 Å². The van der Waals surface area contributed by atoms with Crippen LogP contribution in [0.1, 0.15) is 52.9 Å². The lowest BCUT2D eigenvalue weighted by Gasteiger charge is -2.33. The number of alkyl carbamates (subject to hydrolysis) is 1. The molecule has 0 unspecified atom stereocenters. The van der Waals surface area contributed by atoms with Gasteiger partial charge in [0.15, 0.2) is 0 Å². The minimum atomic E-state index is -4.53. The summed E-state index contributed by atoms with van der Waals surface area (Å²) >= 11 is 0. The molecule has 0 radical (unpaired) electrons. The number of halogens is 3. The molecule has 0 aliphatic heterocycles. The second kappa shape index (κ2) is 7.19. The molecule has 1 saturated carbocycles. The Morgan fingerprint density at radius 3 is 2.00 bits per heavy atom. The van der Waals surface area contributed by atoms with Crippen LogP contribution in [0.5, 0.6) is 0 Å². The fourth-order valence-corrected chi connectivity index (χ4v) is 2.38. The summed E-state index contributed by atoms with van der Waals surface area (Å²) in [5, 5.41) is 5.00. The summed E-state index contributed by atoms with van der Waals surface area (Å²) in [6.07, 6.45) is -3.92. The number of hydrogen-bond acceptors (Lipinski definition) is 3. The van der Waals surface area contributed by atoms with Crippen molar-refractivity contribution in [1.82, 2.24) is 10.6 Å². The molecule has 0 aromatic heterocycles. The van der Waals surface area contributed by atoms with Crippen molar-refractivity contribution in [3.05, 3.63) is 0 Å². The SMILES string of the molecule is CC(C)(C)OC(=O)N[C@H]1CCCC[C@@H]1NC(=O)CC(F)(F)F. The van der Waals surface area contributed by atoms with Crippen LogP contribution in [-0.2, 0) is 9.53 Å². The maximum absolute atomic E-state index is 12.2. The van der Waals surface area contributed by atoms with E-state index >= 15 is 0 Å². The van der Waals surface area contributed by atoms with Crippen molar-refractivity contribution in [2.24, 2.45) is 0 Å². The van der Waals surface area contributed by atoms with E-state index in [1.165, 1.54) is 0 Å². The molecular formula is C14H23F3N2O3. The van der Waals surface area contributed by atoms with Crippen LogP contribution in [0.2, 0.25) is 0 Å². The first-order valence-corrected chi connectivity index (χ1v) is 7.32. The fourth-order valence-electron chi connectivity index (χ4n) is 2.38. The van der Waals surface area contributed by atoms with Crippen molar-refractivity contribution in [1.29, 1.82) is 0 Å². The average Bonchev–Trinajstić information content (AvgIpc) is 2.26. The number of carbonyl (C=O) groups is 2. The van der Waals surface area contributed by atoms with Gasteiger partial charge in [0.05, 0.1) is 6.04 Å². The first-order chi connectivity index (χ1) is 9.96. The zero-order chi connectivity index (χ0) is 17.0. The Morgan fingerprint density at radius 2 is 1.55 bits per heavy atom. The molecule has 0 bridgehead atoms. The van der Waals surface area contributed by atoms with E-state index in [1.807, 2.05) is 0 Å². The highest BCUT2D eigenvalue weighted by atomic mass is 19.4. The van der Waals surface area contributed by atoms with Gasteiger partial charge in [0, 0.05) is 6.04 Å². The number of amides is 2. The molecule has 8 heteroatoms. The van der Waals surface area contributed by atoms with Crippen LogP contribution in [0.25, 0.3) is 0 Å². The molecule has 1 aliphatic carbocycles. The third kappa shape index (κ3) is 7.51. The maximum Gasteiger partial charge on any atom is 0.407 e. The number of nitrogens with one attached hydrogen (secondary N) is 2. The van der Waals surface area contributed by atoms with Crippen molar-refractivity contribution >= 4 is 12.0 Å². The molecule has 0 aromatic rings. The van der Waals surface area contributed by atoms with Crippen LogP contribution < -0.4 is 10.6 Å². The van der Waals surface area contributed by atoms with Gasteiger partial charge < -0.3 is 15.4 Å². The topological polar surface area (TPSA) is 67.4 Å². The highest BCUT2D eigenvalue weighted by Gasteiger charge is 2.34. The molecule has 1 aliphatic rings. The normalized spacial score (nSPS) is 22.8. The summed E-state index contributed by atoms with van der Waals surface area (Å²) in [4.78, 5) is 23.2. The summed E-state index contributed by atoms with van der Waals surface area (Å²) in [6, 6.07) is -0.920. The first kappa shape index (κ1) is 18.6. The molecule has 2 amide bonds. The summed E-state index contributed by atoms with van der Waals surface area (Å²) in [5.41, 5.74) is -0.659. The van der Waals surface area contributed by atoms with Gasteiger partial charge in [-0.2, -0.15) is 13.2 Å². The second-order valence-electron chi connectivity index (χ2n) is 6.50. The Morgan fingerprint density at radius 1 is 1.05 bits per heavy atom. The van der Waals surface area contributed by atoms with E-state index in [-0.39, 0.29) is 0 Å². The van der Waals surface area contributed by atoms with Gasteiger partial charge in [-0.25, -0.2) is 4.79 Å². The summed E-state index contributed by atoms with van der Waals surface area (Å²) in [6.45, 7) is 5.15. The largest absolute Gasteiger partial charge is 0.444 e. The van der Waals surface area contributed by atoms with E-state index in [4.69, 9.17) is 4.74 Å². The highest BCUT2D eigenvalue weighted by Crippen LogP contribution is 2.22. The predicted molar refractivity (Wildman–Crippen MR) is 74.2 cm³/mol. The maximum atomic E-state index is 12.2. The Balaban J connectivity index is 2.56. The van der Waals surface area contributed by atoms with Gasteiger partial charge in [-0.15, -0.1) is 0 Å². The molecule has 1 rings (SSSR count). The van der Waals surface area contributed by atoms with Gasteiger partial charge in [0.1, 0.15) is 12.0 Å². The van der Waals surface area contributed by atoms with Crippen LogP contribution in [0.4, 0.5) is 18.0 Å². The summed E-state index contributed by atoms with van der Waals surface area (Å²) in [5.74, 6) is -1.07. The lowest BCUT2D eigenvalue weighted by Crippen LogP contribution is -2.54. The van der Waals surface area contributed by atoms with Gasteiger partial charge in [-0.1, -0.05) is 12.8 Å². The molecule has 0 aromatic carbocycles. The van der Waals surface area contributed by atoms with Crippen LogP contribution in [0.3, 0.4) is 0 Å². The van der Waals surface area contributed by atoms with Gasteiger partial charge >= 0.3 is 12.3 Å². The standard InChI is InChI=1S/C14H23F3N2O3/c1-13(2,3)22-12(21)19-10-7-5-4-6-9(10)18-11(20)8-14(15,16)17/h9-10H,4-8H2,1-3H3,(H,18,20)(H,19,21)/t9-,10-/m0/s1. The summed E-state index contributed by atoms with van der Waals surface area (Å²) in [7, 11) is 0. The Kier molecular flexibility index (Phi) is 6.08. The highest BCUT2D eigenvalue weighted by molar-refractivity contribution is 5.77. The van der Waals surface area contributed by atoms with Crippen molar-refractivity contribution in [3.63, 3.8) is 0 Å². The van der Waals surface area contributed by atoms with Crippen molar-refractivity contribution in [2.45, 2.75) is 76.7 Å². The second-order valence-corrected chi connectivity index (χ2v) is 6.50. The van der Waals surface area contributed by atoms with Gasteiger partial charge in [-0.3, -0.25) is 4.79 Å². The molecule has 0 spiro atoms. The Hall–Kier alpha value is -1.47. The quantitative estimate of drug-likeness (QED) is 0.839. The van der Waals surface area contributed by atoms with Gasteiger partial charge in [0.25, 0.3) is 0 Å². The number of alkyl halides is 3. The number of hydrogen-bond donors (Lipinski definition) is 2. The molecular weight excluding hydrogens is 301 g/mol. The third-order valence-electron chi connectivity index (χ3n) is 3.18. The molecule has 2 atom stereocenters. The molecule has 5 nitrogen and oxygen atoms in total. The molecule has 0 heterocycles. The van der Waals surface area contributed by atoms with Crippen LogP contribution in [0, 0.1) is 0 Å². The Labute approximate surface area is 128 Å². The third-order valence-corrected chi connectivity index (χ3v) is 3.18. The molecule has 128 valence electrons. The molecule has 22 heavy (non-hydrogen) atoms. The van der Waals surface area contributed by atoms with Gasteiger partial charge in [-0.05, 0) is 33.6 Å². The van der Waals surface area contributed by atoms with Crippen molar-refractivity contribution in [3.8, 4) is 0 Å². The number of carbonyl (C=O) groups excluding carboxylic acids is 2. The zero-order valence-electron chi connectivity index (χ0n) is 13.0. The minimum Gasteiger partial charge on any atom is -0.444 e. The lowest BCUT2D eigenvalue weighted by molar-refractivity contribution is -0.154. The minimum absolute atomic E-state index is 0.416. The lowest BCUT2D eigenvalue weighted by atomic mass is 9.90. The average molecular weight is 324 g/mol. The predicted octanol–water partition coefficient (Wildman–Crippen LogP) is 2.89. The van der Waals surface area contributed by atoms with Crippen LogP contribution in [-0.4, -0.2) is 35.9 Å². The molecule has 0 saturated heterocycles. The van der Waals surface area contributed by atoms with E-state index in [9.17, 15) is 22.8 Å². The monoisotopic (exact) mass is 324 g/mol. The smallest absolute Gasteiger partial charge is 0.407 e. The zero-order valence-corrected chi connectivity index (χ0v) is 13.0. The van der Waals surface area contributed by atoms with E-state index in [2.05, 4.69) is 10.6 Å². The first-order valence-electron chi connectivity index (χ1n) is 7.32. The van der Waals surface area contributed by atoms with Crippen molar-refractivity contribution in [2.75, 3.05) is 0 Å². The number of ether oxygens (including phenoxy) is 1. The molecule has 2 N–H and O–H groups in total. The van der Waals surface area contributed by atoms with Gasteiger partial charge in [0.2, 0.25) is 5.91 Å². The van der Waals surface area contributed by atoms with E-state index in [0.717, 1.165) is 12.8 Å². The molecule has 1 fully saturated rings. The number of rotatable bonds is 3. The fraction of sp³-hybridized carbons (Fsp3) is 0.857. The summed E-state index contributed by atoms with van der Waals surface area (Å²) < 4.78 is 41.7. The van der Waals surface area contributed by atoms with E-state index in [0.29, 0.717) is 12.8 Å². The van der Waals surface area contributed by atoms with E-state index < -0.39 is 42.3 Å².